The molecule has 8 heteroatoms. The van der Waals surface area contributed by atoms with Gasteiger partial charge in [0.1, 0.15) is 24.2 Å². The second-order valence-electron chi connectivity index (χ2n) is 9.45. The molecule has 2 fully saturated rings. The number of nitriles is 3. The number of methoxy groups -OCH3 is 1. The quantitative estimate of drug-likeness (QED) is 0.475. The predicted octanol–water partition coefficient (Wildman–Crippen LogP) is 5.40. The van der Waals surface area contributed by atoms with Crippen LogP contribution in [0, 0.1) is 50.2 Å². The fourth-order valence-corrected chi connectivity index (χ4v) is 5.56. The molecule has 2 aliphatic rings. The van der Waals surface area contributed by atoms with Gasteiger partial charge in [0.25, 0.3) is 0 Å². The van der Waals surface area contributed by atoms with Crippen LogP contribution in [-0.4, -0.2) is 18.8 Å². The Hall–Kier alpha value is -4.84. The third kappa shape index (κ3) is 3.49. The predicted molar refractivity (Wildman–Crippen MR) is 136 cm³/mol. The molecule has 5 rings (SSSR count). The normalized spacial score (nSPS) is 26.8. The molecule has 2 bridgehead atoms. The molecule has 2 heterocycles. The lowest BCUT2D eigenvalue weighted by atomic mass is 9.52. The van der Waals surface area contributed by atoms with E-state index < -0.39 is 34.5 Å². The van der Waals surface area contributed by atoms with Crippen LogP contribution in [0.1, 0.15) is 35.6 Å². The number of nitrogens with one attached hydrogen (secondary N) is 1. The van der Waals surface area contributed by atoms with Gasteiger partial charge in [0.05, 0.1) is 31.2 Å². The van der Waals surface area contributed by atoms with E-state index in [0.717, 1.165) is 5.56 Å². The summed E-state index contributed by atoms with van der Waals surface area (Å²) in [6.45, 7) is 2.02. The van der Waals surface area contributed by atoms with E-state index in [1.807, 2.05) is 30.3 Å². The van der Waals surface area contributed by atoms with Gasteiger partial charge in [-0.2, -0.15) is 15.8 Å². The summed E-state index contributed by atoms with van der Waals surface area (Å²) in [5, 5.41) is 40.3. The maximum atomic E-state index is 10.6. The van der Waals surface area contributed by atoms with E-state index in [-0.39, 0.29) is 0 Å². The third-order valence-corrected chi connectivity index (χ3v) is 7.40. The number of hydrogen-bond donors (Lipinski definition) is 1. The third-order valence-electron chi connectivity index (χ3n) is 7.40. The molecule has 1 N–H and O–H groups in total. The Bertz CT molecular complexity index is 1470. The molecule has 4 atom stereocenters. The summed E-state index contributed by atoms with van der Waals surface area (Å²) in [4.78, 5) is 0. The molecular formula is C30H24N4O4. The fourth-order valence-electron chi connectivity index (χ4n) is 5.56. The molecule has 0 spiro atoms. The Morgan fingerprint density at radius 2 is 1.45 bits per heavy atom. The molecule has 0 aromatic heterocycles. The molecule has 38 heavy (non-hydrogen) atoms. The van der Waals surface area contributed by atoms with Crippen LogP contribution in [0.5, 0.6) is 11.5 Å². The van der Waals surface area contributed by atoms with Crippen LogP contribution in [0.4, 0.5) is 0 Å². The first kappa shape index (κ1) is 24.8. The fraction of sp³-hybridized carbons (Fsp3) is 0.267. The largest absolute Gasteiger partial charge is 0.497 e. The Kier molecular flexibility index (Phi) is 6.03. The summed E-state index contributed by atoms with van der Waals surface area (Å²) < 4.78 is 23.4. The zero-order chi connectivity index (χ0) is 27.0. The van der Waals surface area contributed by atoms with Crippen molar-refractivity contribution in [2.75, 3.05) is 7.11 Å². The minimum atomic E-state index is -2.08. The molecule has 4 unspecified atom stereocenters. The molecule has 8 nitrogen and oxygen atoms in total. The molecule has 3 aromatic carbocycles. The number of rotatable bonds is 6. The summed E-state index contributed by atoms with van der Waals surface area (Å²) in [6.07, 6.45) is -1.16. The standard InChI is InChI=1S/C30H24N4O4/c1-28-25(21-8-12-23(35-2)13-9-21)30(19-33,27(34)38-28)29(17-31,18-32)26(37-28)22-10-14-24(15-11-22)36-16-20-6-4-3-5-7-20/h3-15,25-26,34H,16H2,1-2H3. The Morgan fingerprint density at radius 1 is 0.842 bits per heavy atom. The summed E-state index contributed by atoms with van der Waals surface area (Å²) in [5.41, 5.74) is -1.90. The number of hydrogen-bond acceptors (Lipinski definition) is 8. The van der Waals surface area contributed by atoms with Crippen molar-refractivity contribution in [3.05, 3.63) is 95.6 Å². The van der Waals surface area contributed by atoms with Gasteiger partial charge in [0.15, 0.2) is 5.41 Å². The number of ether oxygens (including phenoxy) is 4. The number of nitrogens with zero attached hydrogens (tertiary/aromatic N) is 3. The first-order valence-corrected chi connectivity index (χ1v) is 12.0. The molecule has 2 saturated heterocycles. The second-order valence-corrected chi connectivity index (χ2v) is 9.45. The molecule has 0 radical (unpaired) electrons. The van der Waals surface area contributed by atoms with Gasteiger partial charge >= 0.3 is 0 Å². The summed E-state index contributed by atoms with van der Waals surface area (Å²) in [7, 11) is 1.54. The van der Waals surface area contributed by atoms with Gasteiger partial charge in [-0.3, -0.25) is 5.41 Å². The molecular weight excluding hydrogens is 480 g/mol. The van der Waals surface area contributed by atoms with Crippen LogP contribution in [0.2, 0.25) is 0 Å². The molecule has 0 saturated carbocycles. The van der Waals surface area contributed by atoms with Crippen molar-refractivity contribution >= 4 is 5.90 Å². The van der Waals surface area contributed by atoms with E-state index in [0.29, 0.717) is 29.2 Å². The Morgan fingerprint density at radius 3 is 2.03 bits per heavy atom. The van der Waals surface area contributed by atoms with Crippen LogP contribution in [0.25, 0.3) is 0 Å². The zero-order valence-electron chi connectivity index (χ0n) is 20.8. The summed E-state index contributed by atoms with van der Waals surface area (Å²) in [6, 6.07) is 29.8. The van der Waals surface area contributed by atoms with Gasteiger partial charge in [-0.25, -0.2) is 0 Å². The SMILES string of the molecule is COc1ccc(C2C3(C)OC(=N)C2(C#N)C(C#N)(C#N)C(c2ccc(OCc4ccccc4)cc2)O3)cc1. The van der Waals surface area contributed by atoms with Crippen LogP contribution in [0.3, 0.4) is 0 Å². The highest BCUT2D eigenvalue weighted by molar-refractivity contribution is 5.90. The van der Waals surface area contributed by atoms with Gasteiger partial charge in [0, 0.05) is 6.92 Å². The van der Waals surface area contributed by atoms with Gasteiger partial charge in [-0.05, 0) is 41.0 Å². The maximum absolute atomic E-state index is 10.6. The van der Waals surface area contributed by atoms with Crippen molar-refractivity contribution in [3.8, 4) is 29.7 Å². The maximum Gasteiger partial charge on any atom is 0.218 e. The smallest absolute Gasteiger partial charge is 0.218 e. The van der Waals surface area contributed by atoms with E-state index in [4.69, 9.17) is 24.4 Å². The van der Waals surface area contributed by atoms with E-state index in [1.165, 1.54) is 7.11 Å². The molecule has 188 valence electrons. The first-order chi connectivity index (χ1) is 18.4. The summed E-state index contributed by atoms with van der Waals surface area (Å²) >= 11 is 0. The van der Waals surface area contributed by atoms with Crippen LogP contribution < -0.4 is 9.47 Å². The van der Waals surface area contributed by atoms with Gasteiger partial charge < -0.3 is 18.9 Å². The van der Waals surface area contributed by atoms with Crippen molar-refractivity contribution in [1.82, 2.24) is 0 Å². The van der Waals surface area contributed by atoms with Crippen molar-refractivity contribution in [1.29, 1.82) is 21.2 Å². The van der Waals surface area contributed by atoms with Crippen LogP contribution in [-0.2, 0) is 16.1 Å². The number of fused-ring (bicyclic) bond motifs is 2. The van der Waals surface area contributed by atoms with Gasteiger partial charge in [-0.15, -0.1) is 0 Å². The van der Waals surface area contributed by atoms with Crippen molar-refractivity contribution < 1.29 is 18.9 Å². The van der Waals surface area contributed by atoms with Gasteiger partial charge in [0.2, 0.25) is 17.1 Å². The molecule has 0 aliphatic carbocycles. The zero-order valence-corrected chi connectivity index (χ0v) is 20.8. The molecule has 2 aliphatic heterocycles. The highest BCUT2D eigenvalue weighted by Gasteiger charge is 2.79. The lowest BCUT2D eigenvalue weighted by Crippen LogP contribution is -2.57. The highest BCUT2D eigenvalue weighted by atomic mass is 16.7. The van der Waals surface area contributed by atoms with Crippen molar-refractivity contribution in [3.63, 3.8) is 0 Å². The van der Waals surface area contributed by atoms with Crippen molar-refractivity contribution in [2.24, 2.45) is 10.8 Å². The minimum absolute atomic E-state index is 0.380. The second kappa shape index (κ2) is 9.23. The van der Waals surface area contributed by atoms with E-state index >= 15 is 0 Å². The van der Waals surface area contributed by atoms with E-state index in [1.54, 1.807) is 55.5 Å². The molecule has 0 amide bonds. The topological polar surface area (TPSA) is 132 Å². The number of benzene rings is 3. The van der Waals surface area contributed by atoms with Crippen LogP contribution in [0.15, 0.2) is 78.9 Å². The average molecular weight is 505 g/mol. The Balaban J connectivity index is 1.55. The van der Waals surface area contributed by atoms with E-state index in [2.05, 4.69) is 18.2 Å². The van der Waals surface area contributed by atoms with Crippen LogP contribution >= 0.6 is 0 Å². The Labute approximate surface area is 220 Å². The van der Waals surface area contributed by atoms with E-state index in [9.17, 15) is 15.8 Å². The first-order valence-electron chi connectivity index (χ1n) is 12.0. The van der Waals surface area contributed by atoms with Crippen molar-refractivity contribution in [2.45, 2.75) is 31.3 Å². The summed E-state index contributed by atoms with van der Waals surface area (Å²) in [5.74, 6) is -1.66. The lowest BCUT2D eigenvalue weighted by Gasteiger charge is -2.48. The molecule has 3 aromatic rings. The minimum Gasteiger partial charge on any atom is -0.497 e. The van der Waals surface area contributed by atoms with Gasteiger partial charge in [-0.1, -0.05) is 54.6 Å². The monoisotopic (exact) mass is 504 g/mol. The lowest BCUT2D eigenvalue weighted by molar-refractivity contribution is -0.253. The highest BCUT2D eigenvalue weighted by Crippen LogP contribution is 2.69. The average Bonchev–Trinajstić information content (AvgIpc) is 3.14.